The van der Waals surface area contributed by atoms with Crippen LogP contribution in [0, 0.1) is 0 Å². The summed E-state index contributed by atoms with van der Waals surface area (Å²) in [5.74, 6) is -0.464. The SMILES string of the molecule is CC1(c2ccc([S+](c3ccccc3)c3ccc(OCCC(F)C(F)(F)S(=O)(=O)O)cc3)cc2)OCCO1. The van der Waals surface area contributed by atoms with E-state index in [4.69, 9.17) is 18.8 Å². The Kier molecular flexibility index (Phi) is 8.20. The molecule has 0 aromatic heterocycles. The maximum absolute atomic E-state index is 13.7. The fourth-order valence-electron chi connectivity index (χ4n) is 3.82. The van der Waals surface area contributed by atoms with E-state index in [0.29, 0.717) is 19.0 Å². The number of alkyl halides is 3. The van der Waals surface area contributed by atoms with Crippen molar-refractivity contribution in [3.8, 4) is 5.75 Å². The molecule has 11 heteroatoms. The van der Waals surface area contributed by atoms with Gasteiger partial charge in [-0.25, -0.2) is 4.39 Å². The average Bonchev–Trinajstić information content (AvgIpc) is 3.33. The van der Waals surface area contributed by atoms with E-state index in [9.17, 15) is 21.6 Å². The Morgan fingerprint density at radius 3 is 2.00 bits per heavy atom. The van der Waals surface area contributed by atoms with Crippen LogP contribution in [0.2, 0.25) is 0 Å². The van der Waals surface area contributed by atoms with Crippen LogP contribution in [0.3, 0.4) is 0 Å². The van der Waals surface area contributed by atoms with Gasteiger partial charge in [0.15, 0.2) is 26.6 Å². The summed E-state index contributed by atoms with van der Waals surface area (Å²) >= 11 is 0. The molecule has 1 N–H and O–H groups in total. The van der Waals surface area contributed by atoms with E-state index < -0.39 is 51.3 Å². The zero-order valence-corrected chi connectivity index (χ0v) is 21.5. The molecule has 2 atom stereocenters. The first-order chi connectivity index (χ1) is 17.5. The molecule has 4 rings (SSSR count). The first-order valence-electron chi connectivity index (χ1n) is 11.4. The fraction of sp³-hybridized carbons (Fsp3) is 0.308. The Balaban J connectivity index is 1.50. The van der Waals surface area contributed by atoms with E-state index in [1.54, 1.807) is 12.1 Å². The lowest BCUT2D eigenvalue weighted by atomic mass is 10.1. The second kappa shape index (κ2) is 11.0. The molecule has 0 radical (unpaired) electrons. The van der Waals surface area contributed by atoms with Crippen LogP contribution in [0.15, 0.2) is 93.5 Å². The van der Waals surface area contributed by atoms with Crippen molar-refractivity contribution in [2.75, 3.05) is 19.8 Å². The van der Waals surface area contributed by atoms with Gasteiger partial charge in [-0.2, -0.15) is 17.2 Å². The maximum atomic E-state index is 13.7. The van der Waals surface area contributed by atoms with Crippen LogP contribution in [-0.2, 0) is 36.3 Å². The summed E-state index contributed by atoms with van der Waals surface area (Å²) in [4.78, 5) is 3.10. The minimum atomic E-state index is -5.85. The molecule has 1 saturated heterocycles. The van der Waals surface area contributed by atoms with Gasteiger partial charge >= 0.3 is 15.4 Å². The highest BCUT2D eigenvalue weighted by Gasteiger charge is 2.52. The predicted molar refractivity (Wildman–Crippen MR) is 132 cm³/mol. The van der Waals surface area contributed by atoms with Gasteiger partial charge in [0.25, 0.3) is 0 Å². The third-order valence-corrected chi connectivity index (χ3v) is 9.01. The topological polar surface area (TPSA) is 82.1 Å². The summed E-state index contributed by atoms with van der Waals surface area (Å²) in [5, 5.41) is -4.90. The molecule has 1 aliphatic heterocycles. The van der Waals surface area contributed by atoms with Gasteiger partial charge in [-0.3, -0.25) is 4.55 Å². The molecule has 0 saturated carbocycles. The largest absolute Gasteiger partial charge is 0.493 e. The van der Waals surface area contributed by atoms with Gasteiger partial charge in [-0.15, -0.1) is 0 Å². The molecule has 2 unspecified atom stereocenters. The smallest absolute Gasteiger partial charge is 0.400 e. The quantitative estimate of drug-likeness (QED) is 0.260. The zero-order valence-electron chi connectivity index (χ0n) is 19.9. The molecule has 1 fully saturated rings. The number of ether oxygens (including phenoxy) is 3. The minimum absolute atomic E-state index is 0.307. The van der Waals surface area contributed by atoms with Crippen LogP contribution in [0.25, 0.3) is 0 Å². The third kappa shape index (κ3) is 6.12. The highest BCUT2D eigenvalue weighted by atomic mass is 32.2. The minimum Gasteiger partial charge on any atom is -0.493 e. The molecule has 198 valence electrons. The maximum Gasteiger partial charge on any atom is 0.400 e. The Hall–Kier alpha value is -2.57. The van der Waals surface area contributed by atoms with Crippen molar-refractivity contribution in [1.82, 2.24) is 0 Å². The first kappa shape index (κ1) is 27.5. The van der Waals surface area contributed by atoms with Crippen LogP contribution in [-0.4, -0.2) is 44.2 Å². The molecule has 6 nitrogen and oxygen atoms in total. The summed E-state index contributed by atoms with van der Waals surface area (Å²) in [6.45, 7) is 2.46. The number of halogens is 3. The van der Waals surface area contributed by atoms with Crippen molar-refractivity contribution in [3.05, 3.63) is 84.4 Å². The van der Waals surface area contributed by atoms with Crippen LogP contribution in [0.1, 0.15) is 18.9 Å². The van der Waals surface area contributed by atoms with E-state index in [1.807, 2.05) is 73.7 Å². The van der Waals surface area contributed by atoms with Crippen molar-refractivity contribution in [1.29, 1.82) is 0 Å². The monoisotopic (exact) mass is 555 g/mol. The Labute approximate surface area is 216 Å². The fourth-order valence-corrected chi connectivity index (χ4v) is 6.32. The normalized spacial score (nSPS) is 17.3. The molecule has 1 aliphatic rings. The number of hydrogen-bond acceptors (Lipinski definition) is 5. The summed E-state index contributed by atoms with van der Waals surface area (Å²) in [7, 11) is -6.32. The lowest BCUT2D eigenvalue weighted by Gasteiger charge is -2.22. The van der Waals surface area contributed by atoms with E-state index in [2.05, 4.69) is 0 Å². The molecule has 0 amide bonds. The summed E-state index contributed by atoms with van der Waals surface area (Å²) in [6.07, 6.45) is -4.02. The standard InChI is InChI=1S/C26H25F3O6S2/c1-25(34-17-18-35-25)19-7-11-22(12-8-19)36(21-5-3-2-4-6-21)23-13-9-20(10-14-23)33-16-15-24(27)26(28,29)37(30,31)32/h2-14,24H,15-18H2,1H3/p+1. The summed E-state index contributed by atoms with van der Waals surface area (Å²) in [5.41, 5.74) is 0.917. The van der Waals surface area contributed by atoms with Gasteiger partial charge in [0.05, 0.1) is 30.7 Å². The second-order valence-electron chi connectivity index (χ2n) is 8.40. The Bertz CT molecular complexity index is 1280. The Morgan fingerprint density at radius 1 is 0.946 bits per heavy atom. The van der Waals surface area contributed by atoms with Gasteiger partial charge in [-0.05, 0) is 67.6 Å². The van der Waals surface area contributed by atoms with Crippen LogP contribution < -0.4 is 4.74 Å². The highest BCUT2D eigenvalue weighted by molar-refractivity contribution is 7.97. The van der Waals surface area contributed by atoms with Crippen molar-refractivity contribution in [2.24, 2.45) is 0 Å². The van der Waals surface area contributed by atoms with Crippen LogP contribution in [0.4, 0.5) is 13.2 Å². The molecule has 3 aromatic carbocycles. The number of hydrogen-bond donors (Lipinski definition) is 1. The molecule has 0 aliphatic carbocycles. The second-order valence-corrected chi connectivity index (χ2v) is 11.9. The van der Waals surface area contributed by atoms with Crippen molar-refractivity contribution in [3.63, 3.8) is 0 Å². The van der Waals surface area contributed by atoms with Crippen LogP contribution >= 0.6 is 0 Å². The van der Waals surface area contributed by atoms with Crippen molar-refractivity contribution in [2.45, 2.75) is 45.2 Å². The van der Waals surface area contributed by atoms with Crippen molar-refractivity contribution >= 4 is 21.0 Å². The molecule has 37 heavy (non-hydrogen) atoms. The first-order valence-corrected chi connectivity index (χ1v) is 14.1. The van der Waals surface area contributed by atoms with E-state index in [1.165, 1.54) is 0 Å². The lowest BCUT2D eigenvalue weighted by molar-refractivity contribution is -0.149. The molecule has 0 bridgehead atoms. The lowest BCUT2D eigenvalue weighted by Crippen LogP contribution is -2.39. The third-order valence-electron chi connectivity index (χ3n) is 5.84. The Morgan fingerprint density at radius 2 is 1.46 bits per heavy atom. The van der Waals surface area contributed by atoms with E-state index in [-0.39, 0.29) is 0 Å². The zero-order chi connectivity index (χ0) is 26.7. The van der Waals surface area contributed by atoms with Gasteiger partial charge in [0, 0.05) is 12.0 Å². The molecule has 0 spiro atoms. The van der Waals surface area contributed by atoms with Gasteiger partial charge < -0.3 is 14.2 Å². The molecule has 3 aromatic rings. The van der Waals surface area contributed by atoms with E-state index in [0.717, 1.165) is 20.2 Å². The van der Waals surface area contributed by atoms with Crippen LogP contribution in [0.5, 0.6) is 5.75 Å². The van der Waals surface area contributed by atoms with Gasteiger partial charge in [0.2, 0.25) is 0 Å². The van der Waals surface area contributed by atoms with E-state index >= 15 is 0 Å². The molecular weight excluding hydrogens is 529 g/mol. The van der Waals surface area contributed by atoms with Gasteiger partial charge in [-0.1, -0.05) is 18.2 Å². The summed E-state index contributed by atoms with van der Waals surface area (Å²) in [6, 6.07) is 24.9. The summed E-state index contributed by atoms with van der Waals surface area (Å²) < 4.78 is 87.1. The molecule has 1 heterocycles. The predicted octanol–water partition coefficient (Wildman–Crippen LogP) is 5.59. The van der Waals surface area contributed by atoms with Crippen molar-refractivity contribution < 1.29 is 40.4 Å². The number of benzene rings is 3. The molecular formula is C26H26F3O6S2+. The number of rotatable bonds is 10. The highest BCUT2D eigenvalue weighted by Crippen LogP contribution is 2.36. The van der Waals surface area contributed by atoms with Gasteiger partial charge in [0.1, 0.15) is 5.75 Å². The average molecular weight is 556 g/mol.